The number of hydrogen-bond donors (Lipinski definition) is 1. The Morgan fingerprint density at radius 2 is 1.73 bits per heavy atom. The monoisotopic (exact) mass is 492 g/mol. The summed E-state index contributed by atoms with van der Waals surface area (Å²) in [7, 11) is 5.11. The zero-order valence-corrected chi connectivity index (χ0v) is 20.6. The molecular formula is C27H24N8O2. The number of fused-ring (bicyclic) bond motifs is 1. The third-order valence-electron chi connectivity index (χ3n) is 5.61. The number of anilines is 3. The summed E-state index contributed by atoms with van der Waals surface area (Å²) in [5.74, 6) is 7.75. The minimum atomic E-state index is 0.179. The molecule has 0 spiro atoms. The van der Waals surface area contributed by atoms with Crippen LogP contribution in [0, 0.1) is 11.8 Å². The van der Waals surface area contributed by atoms with Crippen molar-refractivity contribution in [3.63, 3.8) is 0 Å². The molecule has 0 aliphatic rings. The number of hydrogen-bond acceptors (Lipinski definition) is 9. The van der Waals surface area contributed by atoms with Crippen LogP contribution in [0.15, 0.2) is 67.3 Å². The molecule has 0 fully saturated rings. The lowest BCUT2D eigenvalue weighted by Crippen LogP contribution is -2.17. The standard InChI is InChI=1S/C27H24N8O2/c1-34-17-18(15-31-34)26-16-30-24-7-6-20(13-25(24)33-26)35(10-4-5-19-8-9-29-27(28)32-19)21-11-22(36-2)14-23(12-21)37-3/h6-9,11-17H,10H2,1-3H3,(H2,28,29,32). The van der Waals surface area contributed by atoms with Crippen LogP contribution < -0.4 is 20.1 Å². The van der Waals surface area contributed by atoms with Crippen molar-refractivity contribution in [2.45, 2.75) is 0 Å². The number of nitrogens with zero attached hydrogens (tertiary/aromatic N) is 7. The molecule has 0 bridgehead atoms. The fourth-order valence-electron chi connectivity index (χ4n) is 3.79. The first kappa shape index (κ1) is 23.6. The third-order valence-corrected chi connectivity index (χ3v) is 5.61. The van der Waals surface area contributed by atoms with E-state index >= 15 is 0 Å². The summed E-state index contributed by atoms with van der Waals surface area (Å²) in [6, 6.07) is 13.3. The molecule has 0 amide bonds. The van der Waals surface area contributed by atoms with Gasteiger partial charge in [0.1, 0.15) is 17.2 Å². The van der Waals surface area contributed by atoms with E-state index in [-0.39, 0.29) is 5.95 Å². The van der Waals surface area contributed by atoms with E-state index in [1.807, 2.05) is 54.5 Å². The summed E-state index contributed by atoms with van der Waals surface area (Å²) < 4.78 is 12.7. The van der Waals surface area contributed by atoms with Gasteiger partial charge in [0.25, 0.3) is 0 Å². The molecular weight excluding hydrogens is 468 g/mol. The molecule has 0 saturated carbocycles. The molecule has 2 N–H and O–H groups in total. The second-order valence-electron chi connectivity index (χ2n) is 8.09. The van der Waals surface area contributed by atoms with E-state index in [4.69, 9.17) is 20.2 Å². The second kappa shape index (κ2) is 10.2. The molecule has 0 atom stereocenters. The van der Waals surface area contributed by atoms with Crippen LogP contribution in [0.2, 0.25) is 0 Å². The van der Waals surface area contributed by atoms with Crippen LogP contribution in [-0.4, -0.2) is 50.5 Å². The molecule has 0 aliphatic carbocycles. The number of ether oxygens (including phenoxy) is 2. The number of benzene rings is 2. The summed E-state index contributed by atoms with van der Waals surface area (Å²) in [4.78, 5) is 19.6. The van der Waals surface area contributed by atoms with Gasteiger partial charge in [-0.05, 0) is 30.2 Å². The van der Waals surface area contributed by atoms with Gasteiger partial charge in [0.2, 0.25) is 5.95 Å². The average Bonchev–Trinajstić information content (AvgIpc) is 3.36. The zero-order valence-electron chi connectivity index (χ0n) is 20.6. The van der Waals surface area contributed by atoms with Gasteiger partial charge < -0.3 is 20.1 Å². The highest BCUT2D eigenvalue weighted by molar-refractivity contribution is 5.83. The topological polar surface area (TPSA) is 117 Å². The highest BCUT2D eigenvalue weighted by Crippen LogP contribution is 2.34. The predicted octanol–water partition coefficient (Wildman–Crippen LogP) is 3.61. The van der Waals surface area contributed by atoms with E-state index in [2.05, 4.69) is 31.9 Å². The van der Waals surface area contributed by atoms with Crippen LogP contribution in [0.4, 0.5) is 17.3 Å². The normalized spacial score (nSPS) is 10.6. The molecule has 0 unspecified atom stereocenters. The van der Waals surface area contributed by atoms with Crippen molar-refractivity contribution in [2.24, 2.45) is 7.05 Å². The lowest BCUT2D eigenvalue weighted by atomic mass is 10.2. The van der Waals surface area contributed by atoms with Gasteiger partial charge in [-0.25, -0.2) is 15.0 Å². The number of nitrogens with two attached hydrogens (primary N) is 1. The molecule has 0 saturated heterocycles. The predicted molar refractivity (Wildman–Crippen MR) is 142 cm³/mol. The Balaban J connectivity index is 1.58. The Morgan fingerprint density at radius 3 is 2.43 bits per heavy atom. The summed E-state index contributed by atoms with van der Waals surface area (Å²) in [5.41, 5.74) is 11.1. The smallest absolute Gasteiger partial charge is 0.221 e. The van der Waals surface area contributed by atoms with Crippen LogP contribution in [0.25, 0.3) is 22.3 Å². The van der Waals surface area contributed by atoms with Crippen molar-refractivity contribution < 1.29 is 9.47 Å². The summed E-state index contributed by atoms with van der Waals surface area (Å²) in [6.45, 7) is 0.349. The molecule has 10 nitrogen and oxygen atoms in total. The summed E-state index contributed by atoms with van der Waals surface area (Å²) >= 11 is 0. The first-order valence-corrected chi connectivity index (χ1v) is 11.4. The Hall–Kier alpha value is -5.17. The van der Waals surface area contributed by atoms with Crippen molar-refractivity contribution in [1.29, 1.82) is 0 Å². The third kappa shape index (κ3) is 5.26. The van der Waals surface area contributed by atoms with E-state index in [9.17, 15) is 0 Å². The van der Waals surface area contributed by atoms with Gasteiger partial charge in [-0.2, -0.15) is 5.10 Å². The highest BCUT2D eigenvalue weighted by atomic mass is 16.5. The van der Waals surface area contributed by atoms with Crippen molar-refractivity contribution in [3.05, 3.63) is 72.9 Å². The maximum absolute atomic E-state index is 5.70. The minimum absolute atomic E-state index is 0.179. The van der Waals surface area contributed by atoms with Gasteiger partial charge in [0.15, 0.2) is 0 Å². The largest absolute Gasteiger partial charge is 0.497 e. The van der Waals surface area contributed by atoms with Crippen LogP contribution >= 0.6 is 0 Å². The van der Waals surface area contributed by atoms with E-state index in [1.54, 1.807) is 43.6 Å². The van der Waals surface area contributed by atoms with Crippen LogP contribution in [0.3, 0.4) is 0 Å². The molecule has 10 heteroatoms. The van der Waals surface area contributed by atoms with E-state index in [0.717, 1.165) is 33.7 Å². The Kier molecular flexibility index (Phi) is 6.50. The van der Waals surface area contributed by atoms with E-state index in [0.29, 0.717) is 23.7 Å². The van der Waals surface area contributed by atoms with Gasteiger partial charge in [0, 0.05) is 54.6 Å². The molecule has 184 valence electrons. The van der Waals surface area contributed by atoms with Crippen molar-refractivity contribution in [1.82, 2.24) is 29.7 Å². The number of nitrogen functional groups attached to an aromatic ring is 1. The molecule has 0 aliphatic heterocycles. The fourth-order valence-corrected chi connectivity index (χ4v) is 3.79. The molecule has 3 heterocycles. The molecule has 3 aromatic heterocycles. The van der Waals surface area contributed by atoms with Gasteiger partial charge in [-0.1, -0.05) is 5.92 Å². The van der Waals surface area contributed by atoms with Crippen molar-refractivity contribution in [2.75, 3.05) is 31.4 Å². The van der Waals surface area contributed by atoms with Gasteiger partial charge in [-0.15, -0.1) is 0 Å². The number of aromatic nitrogens is 6. The number of aryl methyl sites for hydroxylation is 1. The van der Waals surface area contributed by atoms with Crippen LogP contribution in [0.5, 0.6) is 11.5 Å². The number of methoxy groups -OCH3 is 2. The molecule has 5 aromatic rings. The molecule has 37 heavy (non-hydrogen) atoms. The molecule has 2 aromatic carbocycles. The maximum atomic E-state index is 5.70. The van der Waals surface area contributed by atoms with E-state index < -0.39 is 0 Å². The van der Waals surface area contributed by atoms with Crippen molar-refractivity contribution >= 4 is 28.4 Å². The van der Waals surface area contributed by atoms with Gasteiger partial charge >= 0.3 is 0 Å². The lowest BCUT2D eigenvalue weighted by molar-refractivity contribution is 0.394. The molecule has 0 radical (unpaired) electrons. The van der Waals surface area contributed by atoms with Crippen LogP contribution in [0.1, 0.15) is 5.69 Å². The average molecular weight is 493 g/mol. The summed E-state index contributed by atoms with van der Waals surface area (Å²) in [5, 5.41) is 4.24. The maximum Gasteiger partial charge on any atom is 0.221 e. The van der Waals surface area contributed by atoms with Gasteiger partial charge in [0.05, 0.1) is 49.9 Å². The quantitative estimate of drug-likeness (QED) is 0.355. The van der Waals surface area contributed by atoms with Crippen molar-refractivity contribution in [3.8, 4) is 34.6 Å². The minimum Gasteiger partial charge on any atom is -0.497 e. The van der Waals surface area contributed by atoms with Gasteiger partial charge in [-0.3, -0.25) is 9.67 Å². The fraction of sp³-hybridized carbons (Fsp3) is 0.148. The van der Waals surface area contributed by atoms with Crippen LogP contribution in [-0.2, 0) is 7.05 Å². The lowest BCUT2D eigenvalue weighted by Gasteiger charge is -2.24. The Labute approximate surface area is 213 Å². The Bertz CT molecular complexity index is 1610. The van der Waals surface area contributed by atoms with E-state index in [1.165, 1.54) is 0 Å². The highest BCUT2D eigenvalue weighted by Gasteiger charge is 2.14. The first-order chi connectivity index (χ1) is 18.0. The first-order valence-electron chi connectivity index (χ1n) is 11.4. The molecule has 5 rings (SSSR count). The zero-order chi connectivity index (χ0) is 25.8. The number of rotatable bonds is 6. The Morgan fingerprint density at radius 1 is 0.919 bits per heavy atom. The SMILES string of the molecule is COc1cc(OC)cc(N(CC#Cc2ccnc(N)n2)c2ccc3ncc(-c4cnn(C)c4)nc3c2)c1. The summed E-state index contributed by atoms with van der Waals surface area (Å²) in [6.07, 6.45) is 7.01. The second-order valence-corrected chi connectivity index (χ2v) is 8.09.